The van der Waals surface area contributed by atoms with E-state index in [1.54, 1.807) is 19.1 Å². The van der Waals surface area contributed by atoms with E-state index in [-0.39, 0.29) is 16.9 Å². The first kappa shape index (κ1) is 24.2. The summed E-state index contributed by atoms with van der Waals surface area (Å²) >= 11 is 6.89. The molecule has 0 bridgehead atoms. The normalized spacial score (nSPS) is 10.9. The molecule has 166 valence electrons. The molecule has 0 aromatic heterocycles. The van der Waals surface area contributed by atoms with Crippen molar-refractivity contribution in [2.24, 2.45) is 0 Å². The van der Waals surface area contributed by atoms with Gasteiger partial charge in [-0.15, -0.1) is 0 Å². The largest absolute Gasteiger partial charge is 0.487 e. The van der Waals surface area contributed by atoms with Crippen LogP contribution in [-0.2, 0) is 11.4 Å². The SMILES string of the molecule is Cc1ccc([N+](=O)[O-])cc1NC(=O)/C(C#N)=C/c1cc(Br)cc(Br)c1OCc1ccccc1. The van der Waals surface area contributed by atoms with E-state index in [2.05, 4.69) is 37.2 Å². The molecule has 0 unspecified atom stereocenters. The Bertz CT molecular complexity index is 1280. The number of benzene rings is 3. The molecule has 0 fully saturated rings. The first-order valence-electron chi connectivity index (χ1n) is 9.62. The predicted octanol–water partition coefficient (Wildman–Crippen LogP) is 6.55. The van der Waals surface area contributed by atoms with Gasteiger partial charge in [0.25, 0.3) is 11.6 Å². The Morgan fingerprint density at radius 1 is 1.18 bits per heavy atom. The Balaban J connectivity index is 1.91. The molecule has 0 aliphatic carbocycles. The zero-order valence-corrected chi connectivity index (χ0v) is 20.5. The lowest BCUT2D eigenvalue weighted by atomic mass is 10.1. The number of amides is 1. The second kappa shape index (κ2) is 10.9. The lowest BCUT2D eigenvalue weighted by Crippen LogP contribution is -2.14. The van der Waals surface area contributed by atoms with Gasteiger partial charge >= 0.3 is 0 Å². The molecule has 3 aromatic carbocycles. The number of hydrogen-bond donors (Lipinski definition) is 1. The maximum Gasteiger partial charge on any atom is 0.271 e. The molecule has 0 saturated heterocycles. The van der Waals surface area contributed by atoms with Crippen molar-refractivity contribution in [3.05, 3.63) is 102 Å². The Morgan fingerprint density at radius 3 is 2.58 bits per heavy atom. The second-order valence-corrected chi connectivity index (χ2v) is 8.73. The van der Waals surface area contributed by atoms with Crippen LogP contribution in [0.2, 0.25) is 0 Å². The number of carbonyl (C=O) groups excluding carboxylic acids is 1. The van der Waals surface area contributed by atoms with Gasteiger partial charge in [0.15, 0.2) is 0 Å². The third kappa shape index (κ3) is 6.28. The number of hydrogen-bond acceptors (Lipinski definition) is 5. The quantitative estimate of drug-likeness (QED) is 0.150. The van der Waals surface area contributed by atoms with Gasteiger partial charge in [-0.3, -0.25) is 14.9 Å². The number of nitrogens with one attached hydrogen (secondary N) is 1. The highest BCUT2D eigenvalue weighted by Gasteiger charge is 2.16. The number of aryl methyl sites for hydroxylation is 1. The van der Waals surface area contributed by atoms with Crippen molar-refractivity contribution in [1.82, 2.24) is 0 Å². The molecule has 9 heteroatoms. The molecule has 0 radical (unpaired) electrons. The monoisotopic (exact) mass is 569 g/mol. The minimum Gasteiger partial charge on any atom is -0.487 e. The number of ether oxygens (including phenoxy) is 1. The number of anilines is 1. The van der Waals surface area contributed by atoms with Gasteiger partial charge in [-0.25, -0.2) is 0 Å². The maximum absolute atomic E-state index is 12.8. The number of nitro benzene ring substituents is 1. The molecule has 0 heterocycles. The van der Waals surface area contributed by atoms with Gasteiger partial charge < -0.3 is 10.1 Å². The van der Waals surface area contributed by atoms with Crippen LogP contribution in [0.3, 0.4) is 0 Å². The maximum atomic E-state index is 12.8. The second-order valence-electron chi connectivity index (χ2n) is 6.96. The van der Waals surface area contributed by atoms with Crippen LogP contribution in [0.4, 0.5) is 11.4 Å². The van der Waals surface area contributed by atoms with Gasteiger partial charge in [0.05, 0.1) is 15.1 Å². The highest BCUT2D eigenvalue weighted by Crippen LogP contribution is 2.35. The van der Waals surface area contributed by atoms with Crippen molar-refractivity contribution < 1.29 is 14.5 Å². The van der Waals surface area contributed by atoms with Crippen LogP contribution in [0.1, 0.15) is 16.7 Å². The summed E-state index contributed by atoms with van der Waals surface area (Å²) < 4.78 is 7.35. The third-order valence-corrected chi connectivity index (χ3v) is 5.66. The summed E-state index contributed by atoms with van der Waals surface area (Å²) in [4.78, 5) is 23.3. The van der Waals surface area contributed by atoms with Crippen molar-refractivity contribution >= 4 is 55.2 Å². The summed E-state index contributed by atoms with van der Waals surface area (Å²) in [6.45, 7) is 2.00. The number of halogens is 2. The highest BCUT2D eigenvalue weighted by molar-refractivity contribution is 9.11. The molecule has 1 amide bonds. The van der Waals surface area contributed by atoms with E-state index in [1.165, 1.54) is 24.3 Å². The molecule has 1 N–H and O–H groups in total. The van der Waals surface area contributed by atoms with Gasteiger partial charge in [-0.2, -0.15) is 5.26 Å². The zero-order chi connectivity index (χ0) is 24.0. The third-order valence-electron chi connectivity index (χ3n) is 4.61. The summed E-state index contributed by atoms with van der Waals surface area (Å²) in [5, 5.41) is 23.3. The molecular formula is C24H17Br2N3O4. The Morgan fingerprint density at radius 2 is 1.91 bits per heavy atom. The molecule has 3 aromatic rings. The lowest BCUT2D eigenvalue weighted by molar-refractivity contribution is -0.384. The van der Waals surface area contributed by atoms with Crippen LogP contribution < -0.4 is 10.1 Å². The Kier molecular flexibility index (Phi) is 7.98. The van der Waals surface area contributed by atoms with Gasteiger partial charge in [-0.05, 0) is 52.2 Å². The van der Waals surface area contributed by atoms with Crippen LogP contribution in [0.25, 0.3) is 6.08 Å². The highest BCUT2D eigenvalue weighted by atomic mass is 79.9. The molecule has 7 nitrogen and oxygen atoms in total. The van der Waals surface area contributed by atoms with Gasteiger partial charge in [-0.1, -0.05) is 52.3 Å². The van der Waals surface area contributed by atoms with Crippen molar-refractivity contribution in [2.75, 3.05) is 5.32 Å². The van der Waals surface area contributed by atoms with Crippen LogP contribution in [0, 0.1) is 28.4 Å². The number of nitriles is 1. The smallest absolute Gasteiger partial charge is 0.271 e. The molecule has 3 rings (SSSR count). The lowest BCUT2D eigenvalue weighted by Gasteiger charge is -2.13. The first-order valence-corrected chi connectivity index (χ1v) is 11.2. The molecule has 0 saturated carbocycles. The minimum atomic E-state index is -0.689. The first-order chi connectivity index (χ1) is 15.8. The van der Waals surface area contributed by atoms with E-state index in [0.29, 0.717) is 28.0 Å². The number of nitro groups is 1. The number of nitrogens with zero attached hydrogens (tertiary/aromatic N) is 2. The topological polar surface area (TPSA) is 105 Å². The predicted molar refractivity (Wildman–Crippen MR) is 133 cm³/mol. The standard InChI is InChI=1S/C24H17Br2N3O4/c1-15-7-8-20(29(31)32)12-22(15)28-24(30)18(13-27)9-17-10-19(25)11-21(26)23(17)33-14-16-5-3-2-4-6-16/h2-12H,14H2,1H3,(H,28,30)/b18-9+. The van der Waals surface area contributed by atoms with Gasteiger partial charge in [0.1, 0.15) is 24.0 Å². The van der Waals surface area contributed by atoms with Crippen LogP contribution in [-0.4, -0.2) is 10.8 Å². The van der Waals surface area contributed by atoms with Crippen molar-refractivity contribution in [1.29, 1.82) is 5.26 Å². The van der Waals surface area contributed by atoms with E-state index in [0.717, 1.165) is 10.0 Å². The van der Waals surface area contributed by atoms with E-state index < -0.39 is 10.8 Å². The summed E-state index contributed by atoms with van der Waals surface area (Å²) in [6.07, 6.45) is 1.41. The molecule has 33 heavy (non-hydrogen) atoms. The Labute approximate surface area is 207 Å². The fraction of sp³-hybridized carbons (Fsp3) is 0.0833. The van der Waals surface area contributed by atoms with E-state index >= 15 is 0 Å². The molecule has 0 spiro atoms. The zero-order valence-electron chi connectivity index (χ0n) is 17.3. The summed E-state index contributed by atoms with van der Waals surface area (Å²) in [6, 6.07) is 19.1. The van der Waals surface area contributed by atoms with E-state index in [4.69, 9.17) is 4.74 Å². The molecule has 0 atom stereocenters. The summed E-state index contributed by atoms with van der Waals surface area (Å²) in [7, 11) is 0. The minimum absolute atomic E-state index is 0.161. The van der Waals surface area contributed by atoms with Crippen LogP contribution in [0.15, 0.2) is 75.2 Å². The van der Waals surface area contributed by atoms with Crippen LogP contribution in [0.5, 0.6) is 5.75 Å². The fourth-order valence-corrected chi connectivity index (χ4v) is 4.29. The van der Waals surface area contributed by atoms with Gasteiger partial charge in [0.2, 0.25) is 0 Å². The van der Waals surface area contributed by atoms with E-state index in [1.807, 2.05) is 36.4 Å². The summed E-state index contributed by atoms with van der Waals surface area (Å²) in [5.41, 5.74) is 2.01. The average molecular weight is 571 g/mol. The number of non-ortho nitro benzene ring substituents is 1. The van der Waals surface area contributed by atoms with E-state index in [9.17, 15) is 20.2 Å². The number of rotatable bonds is 7. The number of carbonyl (C=O) groups is 1. The van der Waals surface area contributed by atoms with Gasteiger partial charge in [0, 0.05) is 22.2 Å². The molecular weight excluding hydrogens is 554 g/mol. The van der Waals surface area contributed by atoms with Crippen molar-refractivity contribution in [3.8, 4) is 11.8 Å². The molecule has 0 aliphatic heterocycles. The molecule has 0 aliphatic rings. The van der Waals surface area contributed by atoms with Crippen molar-refractivity contribution in [2.45, 2.75) is 13.5 Å². The fourth-order valence-electron chi connectivity index (χ4n) is 2.92. The van der Waals surface area contributed by atoms with Crippen LogP contribution >= 0.6 is 31.9 Å². The summed E-state index contributed by atoms with van der Waals surface area (Å²) in [5.74, 6) is -0.222. The average Bonchev–Trinajstić information content (AvgIpc) is 2.78. The van der Waals surface area contributed by atoms with Crippen molar-refractivity contribution in [3.63, 3.8) is 0 Å². The Hall–Kier alpha value is -3.48.